The lowest BCUT2D eigenvalue weighted by Gasteiger charge is -2.07. The molecule has 3 heteroatoms. The van der Waals surface area contributed by atoms with Crippen molar-refractivity contribution in [3.8, 4) is 11.5 Å². The molecule has 0 atom stereocenters. The van der Waals surface area contributed by atoms with E-state index in [1.54, 1.807) is 6.07 Å². The Balaban J connectivity index is 1.94. The molecule has 0 aromatic heterocycles. The van der Waals surface area contributed by atoms with Gasteiger partial charge in [0.15, 0.2) is 11.5 Å². The number of benzene rings is 1. The molecule has 1 aromatic carbocycles. The van der Waals surface area contributed by atoms with Gasteiger partial charge in [0.2, 0.25) is 0 Å². The minimum atomic E-state index is -0.0597. The maximum Gasteiger partial charge on any atom is 0.160 e. The van der Waals surface area contributed by atoms with E-state index in [1.165, 1.54) is 51.0 Å². The molecule has 0 aliphatic carbocycles. The van der Waals surface area contributed by atoms with Gasteiger partial charge in [0.05, 0.1) is 6.61 Å². The molecule has 1 aromatic rings. The van der Waals surface area contributed by atoms with Crippen molar-refractivity contribution in [2.75, 3.05) is 13.2 Å². The summed E-state index contributed by atoms with van der Waals surface area (Å²) in [4.78, 5) is 0. The number of phenolic OH excluding ortho intramolecular Hbond substituents is 2. The largest absolute Gasteiger partial charge is 0.504 e. The van der Waals surface area contributed by atoms with Crippen LogP contribution in [0.2, 0.25) is 0 Å². The molecule has 0 bridgehead atoms. The van der Waals surface area contributed by atoms with Gasteiger partial charge in [0, 0.05) is 12.2 Å². The Labute approximate surface area is 129 Å². The minimum Gasteiger partial charge on any atom is -0.504 e. The summed E-state index contributed by atoms with van der Waals surface area (Å²) >= 11 is 0. The zero-order valence-electron chi connectivity index (χ0n) is 13.3. The average molecular weight is 294 g/mol. The fourth-order valence-electron chi connectivity index (χ4n) is 2.40. The molecule has 0 aliphatic rings. The lowest BCUT2D eigenvalue weighted by atomic mass is 10.1. The standard InChI is InChI=1S/C18H30O3/c1-2-3-4-5-6-7-8-9-14-21-15-13-16-11-10-12-17(19)18(16)20/h10-12,19-20H,2-9,13-15H2,1H3. The molecule has 0 aliphatic heterocycles. The molecule has 1 rings (SSSR count). The lowest BCUT2D eigenvalue weighted by Crippen LogP contribution is -2.00. The summed E-state index contributed by atoms with van der Waals surface area (Å²) in [6.07, 6.45) is 11.1. The fourth-order valence-corrected chi connectivity index (χ4v) is 2.40. The predicted molar refractivity (Wildman–Crippen MR) is 86.9 cm³/mol. The maximum atomic E-state index is 9.65. The van der Waals surface area contributed by atoms with E-state index in [2.05, 4.69) is 6.92 Å². The van der Waals surface area contributed by atoms with Crippen LogP contribution >= 0.6 is 0 Å². The van der Waals surface area contributed by atoms with Crippen molar-refractivity contribution >= 4 is 0 Å². The number of hydrogen-bond acceptors (Lipinski definition) is 3. The molecule has 21 heavy (non-hydrogen) atoms. The minimum absolute atomic E-state index is 0.0202. The highest BCUT2D eigenvalue weighted by molar-refractivity contribution is 5.44. The Morgan fingerprint density at radius 3 is 2.24 bits per heavy atom. The number of phenols is 2. The van der Waals surface area contributed by atoms with Gasteiger partial charge in [-0.1, -0.05) is 64.0 Å². The molecule has 0 radical (unpaired) electrons. The topological polar surface area (TPSA) is 49.7 Å². The second kappa shape index (κ2) is 11.4. The zero-order valence-corrected chi connectivity index (χ0v) is 13.3. The zero-order chi connectivity index (χ0) is 15.3. The fraction of sp³-hybridized carbons (Fsp3) is 0.667. The van der Waals surface area contributed by atoms with Gasteiger partial charge in [-0.3, -0.25) is 0 Å². The Bertz CT molecular complexity index is 377. The van der Waals surface area contributed by atoms with Gasteiger partial charge in [-0.05, 0) is 18.9 Å². The molecule has 3 nitrogen and oxygen atoms in total. The second-order valence-electron chi connectivity index (χ2n) is 5.62. The summed E-state index contributed by atoms with van der Waals surface area (Å²) in [5, 5.41) is 19.0. The van der Waals surface area contributed by atoms with E-state index in [4.69, 9.17) is 4.74 Å². The van der Waals surface area contributed by atoms with Crippen LogP contribution in [0.15, 0.2) is 18.2 Å². The summed E-state index contributed by atoms with van der Waals surface area (Å²) in [5.41, 5.74) is 0.742. The number of rotatable bonds is 12. The Kier molecular flexibility index (Phi) is 9.71. The van der Waals surface area contributed by atoms with Crippen molar-refractivity contribution in [3.05, 3.63) is 23.8 Å². The Morgan fingerprint density at radius 1 is 0.857 bits per heavy atom. The first kappa shape index (κ1) is 17.8. The van der Waals surface area contributed by atoms with Gasteiger partial charge < -0.3 is 14.9 Å². The van der Waals surface area contributed by atoms with E-state index >= 15 is 0 Å². The molecule has 0 spiro atoms. The summed E-state index contributed by atoms with van der Waals surface area (Å²) < 4.78 is 5.58. The van der Waals surface area contributed by atoms with E-state index in [0.29, 0.717) is 13.0 Å². The van der Waals surface area contributed by atoms with Crippen LogP contribution in [0, 0.1) is 0 Å². The summed E-state index contributed by atoms with van der Waals surface area (Å²) in [6, 6.07) is 5.04. The van der Waals surface area contributed by atoms with E-state index in [1.807, 2.05) is 6.07 Å². The highest BCUT2D eigenvalue weighted by atomic mass is 16.5. The Morgan fingerprint density at radius 2 is 1.52 bits per heavy atom. The van der Waals surface area contributed by atoms with Gasteiger partial charge in [0.1, 0.15) is 0 Å². The van der Waals surface area contributed by atoms with Crippen LogP contribution in [0.3, 0.4) is 0 Å². The lowest BCUT2D eigenvalue weighted by molar-refractivity contribution is 0.132. The first-order chi connectivity index (χ1) is 10.3. The molecule has 120 valence electrons. The monoisotopic (exact) mass is 294 g/mol. The van der Waals surface area contributed by atoms with E-state index in [0.717, 1.165) is 18.6 Å². The van der Waals surface area contributed by atoms with Crippen LogP contribution in [0.4, 0.5) is 0 Å². The number of hydrogen-bond donors (Lipinski definition) is 2. The quantitative estimate of drug-likeness (QED) is 0.430. The van der Waals surface area contributed by atoms with Crippen LogP contribution < -0.4 is 0 Å². The number of unbranched alkanes of at least 4 members (excludes halogenated alkanes) is 7. The molecule has 0 amide bonds. The van der Waals surface area contributed by atoms with Crippen molar-refractivity contribution in [3.63, 3.8) is 0 Å². The van der Waals surface area contributed by atoms with Gasteiger partial charge in [0.25, 0.3) is 0 Å². The van der Waals surface area contributed by atoms with Gasteiger partial charge in [-0.2, -0.15) is 0 Å². The molecule has 0 fully saturated rings. The summed E-state index contributed by atoms with van der Waals surface area (Å²) in [6.45, 7) is 3.62. The molecular weight excluding hydrogens is 264 g/mol. The molecule has 0 heterocycles. The van der Waals surface area contributed by atoms with E-state index in [9.17, 15) is 10.2 Å². The van der Waals surface area contributed by atoms with Crippen LogP contribution in [0.1, 0.15) is 63.9 Å². The van der Waals surface area contributed by atoms with Crippen LogP contribution in [-0.2, 0) is 11.2 Å². The normalized spacial score (nSPS) is 10.9. The van der Waals surface area contributed by atoms with Gasteiger partial charge in [-0.25, -0.2) is 0 Å². The van der Waals surface area contributed by atoms with Crippen molar-refractivity contribution in [2.24, 2.45) is 0 Å². The SMILES string of the molecule is CCCCCCCCCCOCCc1cccc(O)c1O. The highest BCUT2D eigenvalue weighted by Gasteiger charge is 2.04. The molecule has 0 unspecified atom stereocenters. The van der Waals surface area contributed by atoms with E-state index < -0.39 is 0 Å². The second-order valence-corrected chi connectivity index (χ2v) is 5.62. The van der Waals surface area contributed by atoms with Crippen molar-refractivity contribution in [2.45, 2.75) is 64.7 Å². The molecule has 0 saturated carbocycles. The molecular formula is C18H30O3. The van der Waals surface area contributed by atoms with Gasteiger partial charge in [-0.15, -0.1) is 0 Å². The third kappa shape index (κ3) is 7.96. The van der Waals surface area contributed by atoms with Crippen LogP contribution in [-0.4, -0.2) is 23.4 Å². The van der Waals surface area contributed by atoms with Crippen molar-refractivity contribution in [1.29, 1.82) is 0 Å². The number of para-hydroxylation sites is 1. The predicted octanol–water partition coefficient (Wildman–Crippen LogP) is 4.80. The van der Waals surface area contributed by atoms with E-state index in [-0.39, 0.29) is 11.5 Å². The first-order valence-electron chi connectivity index (χ1n) is 8.33. The average Bonchev–Trinajstić information content (AvgIpc) is 2.49. The van der Waals surface area contributed by atoms with Crippen LogP contribution in [0.25, 0.3) is 0 Å². The maximum absolute atomic E-state index is 9.65. The number of ether oxygens (including phenoxy) is 1. The highest BCUT2D eigenvalue weighted by Crippen LogP contribution is 2.28. The third-order valence-corrected chi connectivity index (χ3v) is 3.76. The molecule has 0 saturated heterocycles. The Hall–Kier alpha value is -1.22. The first-order valence-corrected chi connectivity index (χ1v) is 8.33. The van der Waals surface area contributed by atoms with Gasteiger partial charge >= 0.3 is 0 Å². The summed E-state index contributed by atoms with van der Waals surface area (Å²) in [5.74, 6) is -0.0799. The number of aromatic hydroxyl groups is 2. The van der Waals surface area contributed by atoms with Crippen LogP contribution in [0.5, 0.6) is 11.5 Å². The smallest absolute Gasteiger partial charge is 0.160 e. The third-order valence-electron chi connectivity index (χ3n) is 3.76. The summed E-state index contributed by atoms with van der Waals surface area (Å²) in [7, 11) is 0. The van der Waals surface area contributed by atoms with Crippen molar-refractivity contribution < 1.29 is 14.9 Å². The van der Waals surface area contributed by atoms with Crippen molar-refractivity contribution in [1.82, 2.24) is 0 Å². The molecule has 2 N–H and O–H groups in total.